The zero-order chi connectivity index (χ0) is 27.8. The van der Waals surface area contributed by atoms with Gasteiger partial charge in [0.1, 0.15) is 24.3 Å². The molecule has 0 saturated heterocycles. The monoisotopic (exact) mass is 537 g/mol. The topological polar surface area (TPSA) is 125 Å². The third-order valence-corrected chi connectivity index (χ3v) is 7.38. The van der Waals surface area contributed by atoms with E-state index in [4.69, 9.17) is 9.15 Å². The number of rotatable bonds is 6. The van der Waals surface area contributed by atoms with Crippen LogP contribution in [0.15, 0.2) is 89.5 Å². The Bertz CT molecular complexity index is 1720. The van der Waals surface area contributed by atoms with Gasteiger partial charge in [-0.05, 0) is 47.9 Å². The standard InChI is InChI=1S/C31H27N3O6/c1-18(32-31(38)40-17-19-7-3-2-4-8-19)29(35)34-25(30(36)37)16-23-22-9-5-6-10-24(22)33-27(23)28(34)21-11-12-26-20(15-21)13-14-39-26/h2-15,18,25,28,33H,16-17H2,1H3,(H,32,38)(H,36,37). The predicted octanol–water partition coefficient (Wildman–Crippen LogP) is 5.16. The number of benzene rings is 3. The van der Waals surface area contributed by atoms with E-state index in [2.05, 4.69) is 10.3 Å². The number of carbonyl (C=O) groups is 3. The van der Waals surface area contributed by atoms with Crippen LogP contribution >= 0.6 is 0 Å². The molecule has 1 aliphatic rings. The van der Waals surface area contributed by atoms with Gasteiger partial charge in [0, 0.05) is 28.4 Å². The number of aliphatic carboxylic acids is 1. The third kappa shape index (κ3) is 4.55. The van der Waals surface area contributed by atoms with E-state index in [0.717, 1.165) is 38.7 Å². The van der Waals surface area contributed by atoms with Crippen LogP contribution in [-0.4, -0.2) is 45.0 Å². The molecule has 5 aromatic rings. The number of carbonyl (C=O) groups excluding carboxylic acids is 2. The van der Waals surface area contributed by atoms with E-state index in [9.17, 15) is 19.5 Å². The molecular formula is C31H27N3O6. The molecule has 3 N–H and O–H groups in total. The highest BCUT2D eigenvalue weighted by molar-refractivity contribution is 5.93. The molecule has 9 heteroatoms. The Morgan fingerprint density at radius 1 is 1.07 bits per heavy atom. The van der Waals surface area contributed by atoms with Crippen molar-refractivity contribution in [1.29, 1.82) is 0 Å². The lowest BCUT2D eigenvalue weighted by molar-refractivity contribution is -0.153. The summed E-state index contributed by atoms with van der Waals surface area (Å²) in [7, 11) is 0. The van der Waals surface area contributed by atoms with E-state index in [1.54, 1.807) is 6.26 Å². The molecule has 2 amide bonds. The smallest absolute Gasteiger partial charge is 0.408 e. The minimum absolute atomic E-state index is 0.0425. The second kappa shape index (κ2) is 10.3. The molecule has 3 unspecified atom stereocenters. The SMILES string of the molecule is CC(NC(=O)OCc1ccccc1)C(=O)N1C(C(=O)O)Cc2c([nH]c3ccccc23)C1c1ccc2occc2c1. The number of alkyl carbamates (subject to hydrolysis) is 1. The quantitative estimate of drug-likeness (QED) is 0.275. The summed E-state index contributed by atoms with van der Waals surface area (Å²) in [5.41, 5.74) is 4.66. The second-order valence-corrected chi connectivity index (χ2v) is 9.91. The van der Waals surface area contributed by atoms with Crippen molar-refractivity contribution in [2.45, 2.75) is 38.1 Å². The van der Waals surface area contributed by atoms with Crippen LogP contribution in [-0.2, 0) is 27.4 Å². The largest absolute Gasteiger partial charge is 0.480 e. The van der Waals surface area contributed by atoms with Gasteiger partial charge in [0.05, 0.1) is 12.3 Å². The van der Waals surface area contributed by atoms with Crippen LogP contribution in [0.25, 0.3) is 21.9 Å². The predicted molar refractivity (Wildman–Crippen MR) is 148 cm³/mol. The summed E-state index contributed by atoms with van der Waals surface area (Å²) in [4.78, 5) is 44.1. The molecule has 0 aliphatic carbocycles. The number of ether oxygens (including phenoxy) is 1. The van der Waals surface area contributed by atoms with E-state index < -0.39 is 36.1 Å². The molecule has 6 rings (SSSR count). The molecule has 0 spiro atoms. The van der Waals surface area contributed by atoms with Gasteiger partial charge in [0.2, 0.25) is 5.91 Å². The number of nitrogens with one attached hydrogen (secondary N) is 2. The van der Waals surface area contributed by atoms with E-state index in [1.165, 1.54) is 11.8 Å². The Balaban J connectivity index is 1.37. The fourth-order valence-corrected chi connectivity index (χ4v) is 5.48. The molecule has 0 radical (unpaired) electrons. The summed E-state index contributed by atoms with van der Waals surface area (Å²) in [6.07, 6.45) is 0.937. The molecule has 2 aromatic heterocycles. The third-order valence-electron chi connectivity index (χ3n) is 7.38. The summed E-state index contributed by atoms with van der Waals surface area (Å²) >= 11 is 0. The van der Waals surface area contributed by atoms with Crippen molar-refractivity contribution in [1.82, 2.24) is 15.2 Å². The van der Waals surface area contributed by atoms with E-state index in [1.807, 2.05) is 78.9 Å². The van der Waals surface area contributed by atoms with Gasteiger partial charge >= 0.3 is 12.1 Å². The van der Waals surface area contributed by atoms with Gasteiger partial charge in [-0.1, -0.05) is 54.6 Å². The average molecular weight is 538 g/mol. The van der Waals surface area contributed by atoms with Gasteiger partial charge in [-0.15, -0.1) is 0 Å². The van der Waals surface area contributed by atoms with E-state index in [-0.39, 0.29) is 13.0 Å². The number of para-hydroxylation sites is 1. The molecule has 9 nitrogen and oxygen atoms in total. The van der Waals surface area contributed by atoms with Crippen LogP contribution in [0, 0.1) is 0 Å². The van der Waals surface area contributed by atoms with Crippen LogP contribution in [0.4, 0.5) is 4.79 Å². The van der Waals surface area contributed by atoms with Crippen molar-refractivity contribution in [3.63, 3.8) is 0 Å². The van der Waals surface area contributed by atoms with Crippen molar-refractivity contribution in [3.05, 3.63) is 108 Å². The highest BCUT2D eigenvalue weighted by atomic mass is 16.5. The lowest BCUT2D eigenvalue weighted by Gasteiger charge is -2.41. The maximum Gasteiger partial charge on any atom is 0.408 e. The fourth-order valence-electron chi connectivity index (χ4n) is 5.48. The zero-order valence-corrected chi connectivity index (χ0v) is 21.7. The first-order chi connectivity index (χ1) is 19.4. The first-order valence-corrected chi connectivity index (χ1v) is 13.0. The molecule has 0 bridgehead atoms. The van der Waals surface area contributed by atoms with Crippen molar-refractivity contribution >= 4 is 39.8 Å². The molecular weight excluding hydrogens is 510 g/mol. The molecule has 3 heterocycles. The molecule has 1 aliphatic heterocycles. The molecule has 40 heavy (non-hydrogen) atoms. The van der Waals surface area contributed by atoms with Crippen molar-refractivity contribution in [2.75, 3.05) is 0 Å². The number of carboxylic acid groups (broad SMARTS) is 1. The lowest BCUT2D eigenvalue weighted by Crippen LogP contribution is -2.56. The first kappa shape index (κ1) is 25.2. The van der Waals surface area contributed by atoms with Crippen molar-refractivity contribution < 1.29 is 28.6 Å². The van der Waals surface area contributed by atoms with Crippen LogP contribution in [0.5, 0.6) is 0 Å². The van der Waals surface area contributed by atoms with Crippen LogP contribution in [0.3, 0.4) is 0 Å². The second-order valence-electron chi connectivity index (χ2n) is 9.91. The van der Waals surface area contributed by atoms with E-state index >= 15 is 0 Å². The van der Waals surface area contributed by atoms with Gasteiger partial charge in [0.25, 0.3) is 0 Å². The van der Waals surface area contributed by atoms with Gasteiger partial charge < -0.3 is 29.5 Å². The fraction of sp³-hybridized carbons (Fsp3) is 0.194. The number of hydrogen-bond acceptors (Lipinski definition) is 5. The number of H-pyrrole nitrogens is 1. The van der Waals surface area contributed by atoms with Gasteiger partial charge in [-0.25, -0.2) is 9.59 Å². The maximum absolute atomic E-state index is 14.0. The molecule has 202 valence electrons. The summed E-state index contributed by atoms with van der Waals surface area (Å²) < 4.78 is 10.8. The Morgan fingerprint density at radius 2 is 1.85 bits per heavy atom. The zero-order valence-electron chi connectivity index (χ0n) is 21.7. The summed E-state index contributed by atoms with van der Waals surface area (Å²) in [6, 6.07) is 21.3. The summed E-state index contributed by atoms with van der Waals surface area (Å²) in [6.45, 7) is 1.57. The van der Waals surface area contributed by atoms with Crippen molar-refractivity contribution in [3.8, 4) is 0 Å². The summed E-state index contributed by atoms with van der Waals surface area (Å²) in [5, 5.41) is 14.7. The maximum atomic E-state index is 14.0. The van der Waals surface area contributed by atoms with Crippen LogP contribution in [0.1, 0.15) is 35.3 Å². The van der Waals surface area contributed by atoms with Gasteiger partial charge in [0.15, 0.2) is 0 Å². The number of fused-ring (bicyclic) bond motifs is 4. The van der Waals surface area contributed by atoms with Crippen LogP contribution < -0.4 is 5.32 Å². The average Bonchev–Trinajstić information content (AvgIpc) is 3.59. The Kier molecular flexibility index (Phi) is 6.47. The normalized spacial score (nSPS) is 17.4. The Morgan fingerprint density at radius 3 is 2.65 bits per heavy atom. The number of amides is 2. The number of carboxylic acids is 1. The highest BCUT2D eigenvalue weighted by Crippen LogP contribution is 2.42. The Hall–Kier alpha value is -5.05. The number of aromatic nitrogens is 1. The minimum Gasteiger partial charge on any atom is -0.480 e. The van der Waals surface area contributed by atoms with Gasteiger partial charge in [-0.3, -0.25) is 4.79 Å². The number of nitrogens with zero attached hydrogens (tertiary/aromatic N) is 1. The number of aromatic amines is 1. The molecule has 0 fully saturated rings. The van der Waals surface area contributed by atoms with Crippen LogP contribution in [0.2, 0.25) is 0 Å². The number of hydrogen-bond donors (Lipinski definition) is 3. The summed E-state index contributed by atoms with van der Waals surface area (Å²) in [5.74, 6) is -1.66. The number of furan rings is 1. The molecule has 0 saturated carbocycles. The first-order valence-electron chi connectivity index (χ1n) is 13.0. The molecule has 3 atom stereocenters. The lowest BCUT2D eigenvalue weighted by atomic mass is 9.87. The highest BCUT2D eigenvalue weighted by Gasteiger charge is 2.45. The molecule has 3 aromatic carbocycles. The minimum atomic E-state index is -1.16. The van der Waals surface area contributed by atoms with Gasteiger partial charge in [-0.2, -0.15) is 0 Å². The van der Waals surface area contributed by atoms with E-state index in [0.29, 0.717) is 5.58 Å². The Labute approximate surface area is 229 Å². The van der Waals surface area contributed by atoms with Crippen molar-refractivity contribution in [2.24, 2.45) is 0 Å².